The average Bonchev–Trinajstić information content (AvgIpc) is 2.36. The van der Waals surface area contributed by atoms with Crippen molar-refractivity contribution in [3.63, 3.8) is 0 Å². The van der Waals surface area contributed by atoms with E-state index < -0.39 is 5.97 Å². The molecule has 0 radical (unpaired) electrons. The molecule has 1 heterocycles. The van der Waals surface area contributed by atoms with Crippen LogP contribution in [-0.2, 0) is 4.79 Å². The smallest absolute Gasteiger partial charge is 0.303 e. The summed E-state index contributed by atoms with van der Waals surface area (Å²) in [7, 11) is 0. The Balaban J connectivity index is 2.51. The average molecular weight is 252 g/mol. The number of hydrogen-bond acceptors (Lipinski definition) is 5. The first-order valence-electron chi connectivity index (χ1n) is 6.20. The van der Waals surface area contributed by atoms with E-state index in [1.807, 2.05) is 6.07 Å². The van der Waals surface area contributed by atoms with Crippen molar-refractivity contribution in [3.05, 3.63) is 12.4 Å². The van der Waals surface area contributed by atoms with Crippen molar-refractivity contribution in [3.8, 4) is 0 Å². The number of nitrogens with one attached hydrogen (secondary N) is 1. The largest absolute Gasteiger partial charge is 0.481 e. The first-order valence-corrected chi connectivity index (χ1v) is 6.20. The van der Waals surface area contributed by atoms with E-state index in [0.717, 1.165) is 24.7 Å². The molecular weight excluding hydrogens is 232 g/mol. The molecule has 18 heavy (non-hydrogen) atoms. The first kappa shape index (κ1) is 14.2. The Bertz CT molecular complexity index is 380. The van der Waals surface area contributed by atoms with Crippen LogP contribution in [0.4, 0.5) is 11.6 Å². The van der Waals surface area contributed by atoms with Crippen molar-refractivity contribution < 1.29 is 9.90 Å². The van der Waals surface area contributed by atoms with Gasteiger partial charge in [-0.25, -0.2) is 9.97 Å². The van der Waals surface area contributed by atoms with E-state index in [9.17, 15) is 4.79 Å². The third-order valence-electron chi connectivity index (χ3n) is 2.61. The quantitative estimate of drug-likeness (QED) is 0.684. The van der Waals surface area contributed by atoms with E-state index in [2.05, 4.69) is 34.0 Å². The summed E-state index contributed by atoms with van der Waals surface area (Å²) in [4.78, 5) is 20.8. The number of aromatic nitrogens is 2. The summed E-state index contributed by atoms with van der Waals surface area (Å²) < 4.78 is 0. The molecule has 1 rings (SSSR count). The van der Waals surface area contributed by atoms with Crippen molar-refractivity contribution >= 4 is 17.6 Å². The summed E-state index contributed by atoms with van der Waals surface area (Å²) in [5, 5.41) is 11.6. The van der Waals surface area contributed by atoms with Gasteiger partial charge in [0.2, 0.25) is 0 Å². The van der Waals surface area contributed by atoms with E-state index in [1.54, 1.807) is 0 Å². The molecule has 6 heteroatoms. The van der Waals surface area contributed by atoms with Gasteiger partial charge in [0.15, 0.2) is 0 Å². The fourth-order valence-corrected chi connectivity index (χ4v) is 1.62. The van der Waals surface area contributed by atoms with Crippen LogP contribution in [0.15, 0.2) is 12.4 Å². The number of carbonyl (C=O) groups is 1. The van der Waals surface area contributed by atoms with Crippen LogP contribution in [0.25, 0.3) is 0 Å². The third kappa shape index (κ3) is 4.57. The lowest BCUT2D eigenvalue weighted by Gasteiger charge is -2.19. The molecule has 0 atom stereocenters. The Morgan fingerprint density at radius 2 is 2.11 bits per heavy atom. The van der Waals surface area contributed by atoms with Crippen LogP contribution in [0, 0.1) is 0 Å². The van der Waals surface area contributed by atoms with E-state index >= 15 is 0 Å². The Morgan fingerprint density at radius 1 is 1.39 bits per heavy atom. The lowest BCUT2D eigenvalue weighted by atomic mass is 10.3. The van der Waals surface area contributed by atoms with Crippen LogP contribution >= 0.6 is 0 Å². The van der Waals surface area contributed by atoms with E-state index in [-0.39, 0.29) is 6.42 Å². The first-order chi connectivity index (χ1) is 8.67. The fraction of sp³-hybridized carbons (Fsp3) is 0.583. The molecule has 6 nitrogen and oxygen atoms in total. The van der Waals surface area contributed by atoms with Gasteiger partial charge in [-0.1, -0.05) is 0 Å². The molecule has 0 saturated carbocycles. The highest BCUT2D eigenvalue weighted by molar-refractivity contribution is 5.66. The Kier molecular flexibility index (Phi) is 5.90. The maximum Gasteiger partial charge on any atom is 0.303 e. The number of hydrogen-bond donors (Lipinski definition) is 2. The van der Waals surface area contributed by atoms with Crippen molar-refractivity contribution in [1.29, 1.82) is 0 Å². The van der Waals surface area contributed by atoms with Crippen LogP contribution in [0.3, 0.4) is 0 Å². The number of carboxylic acids is 1. The Morgan fingerprint density at radius 3 is 2.72 bits per heavy atom. The van der Waals surface area contributed by atoms with Crippen molar-refractivity contribution in [2.24, 2.45) is 0 Å². The summed E-state index contributed by atoms with van der Waals surface area (Å²) >= 11 is 0. The van der Waals surface area contributed by atoms with Gasteiger partial charge in [-0.05, 0) is 20.3 Å². The molecular formula is C12H20N4O2. The second-order valence-electron chi connectivity index (χ2n) is 3.86. The monoisotopic (exact) mass is 252 g/mol. The summed E-state index contributed by atoms with van der Waals surface area (Å²) in [5.74, 6) is 0.844. The molecule has 0 saturated heterocycles. The molecule has 100 valence electrons. The zero-order valence-electron chi connectivity index (χ0n) is 10.9. The number of anilines is 2. The van der Waals surface area contributed by atoms with Gasteiger partial charge in [-0.15, -0.1) is 0 Å². The maximum absolute atomic E-state index is 10.4. The second kappa shape index (κ2) is 7.47. The predicted octanol–water partition coefficient (Wildman–Crippen LogP) is 1.60. The van der Waals surface area contributed by atoms with Crippen LogP contribution in [0.5, 0.6) is 0 Å². The van der Waals surface area contributed by atoms with Crippen molar-refractivity contribution in [1.82, 2.24) is 9.97 Å². The molecule has 1 aromatic heterocycles. The van der Waals surface area contributed by atoms with E-state index in [1.165, 1.54) is 6.33 Å². The van der Waals surface area contributed by atoms with Crippen LogP contribution in [0.1, 0.15) is 26.7 Å². The van der Waals surface area contributed by atoms with Gasteiger partial charge < -0.3 is 15.3 Å². The van der Waals surface area contributed by atoms with Gasteiger partial charge in [0.1, 0.15) is 18.0 Å². The molecule has 0 amide bonds. The minimum absolute atomic E-state index is 0.168. The van der Waals surface area contributed by atoms with Crippen LogP contribution < -0.4 is 10.2 Å². The molecule has 0 fully saturated rings. The highest BCUT2D eigenvalue weighted by Crippen LogP contribution is 2.13. The van der Waals surface area contributed by atoms with Crippen molar-refractivity contribution in [2.75, 3.05) is 29.9 Å². The number of aliphatic carboxylic acids is 1. The molecule has 0 aliphatic heterocycles. The molecule has 0 unspecified atom stereocenters. The standard InChI is InChI=1S/C12H20N4O2/c1-3-16(4-2)11-8-10(14-9-15-11)13-7-5-6-12(17)18/h8-9H,3-7H2,1-2H3,(H,17,18)(H,13,14,15). The SMILES string of the molecule is CCN(CC)c1cc(NCCCC(=O)O)ncn1. The molecule has 0 spiro atoms. The van der Waals surface area contributed by atoms with Gasteiger partial charge in [0.25, 0.3) is 0 Å². The summed E-state index contributed by atoms with van der Waals surface area (Å²) in [6.45, 7) is 6.54. The van der Waals surface area contributed by atoms with Gasteiger partial charge in [0.05, 0.1) is 0 Å². The van der Waals surface area contributed by atoms with Crippen molar-refractivity contribution in [2.45, 2.75) is 26.7 Å². The second-order valence-corrected chi connectivity index (χ2v) is 3.86. The van der Waals surface area contributed by atoms with Gasteiger partial charge >= 0.3 is 5.97 Å². The fourth-order valence-electron chi connectivity index (χ4n) is 1.62. The minimum atomic E-state index is -0.775. The topological polar surface area (TPSA) is 78.4 Å². The van der Waals surface area contributed by atoms with E-state index in [4.69, 9.17) is 5.11 Å². The number of carboxylic acid groups (broad SMARTS) is 1. The lowest BCUT2D eigenvalue weighted by molar-refractivity contribution is -0.137. The molecule has 0 bridgehead atoms. The zero-order chi connectivity index (χ0) is 13.4. The van der Waals surface area contributed by atoms with Crippen LogP contribution in [-0.4, -0.2) is 40.7 Å². The summed E-state index contributed by atoms with van der Waals surface area (Å²) in [5.41, 5.74) is 0. The highest BCUT2D eigenvalue weighted by Gasteiger charge is 2.04. The molecule has 0 aliphatic rings. The number of nitrogens with zero attached hydrogens (tertiary/aromatic N) is 3. The molecule has 0 aliphatic carbocycles. The lowest BCUT2D eigenvalue weighted by Crippen LogP contribution is -2.23. The predicted molar refractivity (Wildman–Crippen MR) is 71.0 cm³/mol. The third-order valence-corrected chi connectivity index (χ3v) is 2.61. The minimum Gasteiger partial charge on any atom is -0.481 e. The van der Waals surface area contributed by atoms with Gasteiger partial charge in [-0.2, -0.15) is 0 Å². The zero-order valence-corrected chi connectivity index (χ0v) is 10.9. The van der Waals surface area contributed by atoms with Gasteiger partial charge in [0, 0.05) is 32.1 Å². The molecule has 0 aromatic carbocycles. The Labute approximate surface area is 107 Å². The maximum atomic E-state index is 10.4. The molecule has 2 N–H and O–H groups in total. The summed E-state index contributed by atoms with van der Waals surface area (Å²) in [6.07, 6.45) is 2.27. The Hall–Kier alpha value is -1.85. The normalized spacial score (nSPS) is 10.1. The van der Waals surface area contributed by atoms with Crippen LogP contribution in [0.2, 0.25) is 0 Å². The van der Waals surface area contributed by atoms with E-state index in [0.29, 0.717) is 13.0 Å². The van der Waals surface area contributed by atoms with Gasteiger partial charge in [-0.3, -0.25) is 4.79 Å². The summed E-state index contributed by atoms with van der Waals surface area (Å²) in [6, 6.07) is 1.88. The highest BCUT2D eigenvalue weighted by atomic mass is 16.4. The molecule has 1 aromatic rings. The number of rotatable bonds is 8.